The number of rotatable bonds is 3. The Labute approximate surface area is 82.3 Å². The molecule has 0 bridgehead atoms. The second kappa shape index (κ2) is 4.55. The zero-order valence-corrected chi connectivity index (χ0v) is 10.2. The van der Waals surface area contributed by atoms with Crippen LogP contribution in [0.1, 0.15) is 26.7 Å². The smallest absolute Gasteiger partial charge is 0.386 e. The van der Waals surface area contributed by atoms with E-state index in [2.05, 4.69) is 18.4 Å². The first kappa shape index (κ1) is 11.2. The van der Waals surface area contributed by atoms with Crippen LogP contribution >= 0.6 is 0 Å². The van der Waals surface area contributed by atoms with Crippen LogP contribution in [0.15, 0.2) is 0 Å². The Kier molecular flexibility index (Phi) is 3.91. The average molecular weight is 203 g/mol. The van der Waals surface area contributed by atoms with Gasteiger partial charge in [0.2, 0.25) is 0 Å². The lowest BCUT2D eigenvalue weighted by Crippen LogP contribution is -2.62. The summed E-state index contributed by atoms with van der Waals surface area (Å²) in [5.74, 6) is 0. The minimum atomic E-state index is -1.99. The minimum Gasteiger partial charge on any atom is -0.386 e. The van der Waals surface area contributed by atoms with Crippen molar-refractivity contribution in [1.29, 1.82) is 0 Å². The summed E-state index contributed by atoms with van der Waals surface area (Å²) >= 11 is 0. The Balaban J connectivity index is 2.75. The van der Waals surface area contributed by atoms with Crippen LogP contribution in [-0.2, 0) is 8.85 Å². The van der Waals surface area contributed by atoms with Gasteiger partial charge in [-0.2, -0.15) is 0 Å². The molecule has 13 heavy (non-hydrogen) atoms. The molecule has 1 heterocycles. The lowest BCUT2D eigenvalue weighted by Gasteiger charge is -2.43. The Morgan fingerprint density at radius 1 is 1.15 bits per heavy atom. The molecule has 0 aromatic carbocycles. The molecule has 0 amide bonds. The summed E-state index contributed by atoms with van der Waals surface area (Å²) in [6.45, 7) is 5.56. The van der Waals surface area contributed by atoms with Crippen LogP contribution < -0.4 is 0 Å². The van der Waals surface area contributed by atoms with Crippen molar-refractivity contribution in [2.75, 3.05) is 20.8 Å². The van der Waals surface area contributed by atoms with Crippen molar-refractivity contribution in [2.45, 2.75) is 38.8 Å². The molecular formula is C9H21NO2Si. The molecule has 0 aromatic heterocycles. The van der Waals surface area contributed by atoms with E-state index in [0.717, 1.165) is 12.6 Å². The van der Waals surface area contributed by atoms with E-state index in [4.69, 9.17) is 8.85 Å². The van der Waals surface area contributed by atoms with Crippen LogP contribution in [0.3, 0.4) is 0 Å². The Bertz CT molecular complexity index is 160. The summed E-state index contributed by atoms with van der Waals surface area (Å²) < 4.78 is 13.7. The third kappa shape index (κ3) is 2.12. The molecule has 3 nitrogen and oxygen atoms in total. The number of nitrogens with zero attached hydrogens (tertiary/aromatic N) is 1. The summed E-state index contributed by atoms with van der Waals surface area (Å²) in [7, 11) is 1.59. The summed E-state index contributed by atoms with van der Waals surface area (Å²) in [5, 5.41) is 0. The lowest BCUT2D eigenvalue weighted by atomic mass is 10.3. The molecule has 1 aliphatic rings. The number of hydrogen-bond donors (Lipinski definition) is 0. The van der Waals surface area contributed by atoms with Gasteiger partial charge in [0.25, 0.3) is 0 Å². The fourth-order valence-electron chi connectivity index (χ4n) is 2.12. The Morgan fingerprint density at radius 3 is 2.15 bits per heavy atom. The zero-order chi connectivity index (χ0) is 9.90. The van der Waals surface area contributed by atoms with Crippen molar-refractivity contribution in [3.63, 3.8) is 0 Å². The first-order valence-electron chi connectivity index (χ1n) is 5.03. The quantitative estimate of drug-likeness (QED) is 0.652. The van der Waals surface area contributed by atoms with E-state index in [9.17, 15) is 0 Å². The number of hydrogen-bond acceptors (Lipinski definition) is 3. The molecule has 0 radical (unpaired) electrons. The van der Waals surface area contributed by atoms with Gasteiger partial charge in [0.05, 0.1) is 0 Å². The fraction of sp³-hybridized carbons (Fsp3) is 1.00. The predicted octanol–water partition coefficient (Wildman–Crippen LogP) is 1.72. The van der Waals surface area contributed by atoms with Crippen LogP contribution in [0.4, 0.5) is 0 Å². The van der Waals surface area contributed by atoms with E-state index in [1.165, 1.54) is 12.8 Å². The second-order valence-electron chi connectivity index (χ2n) is 3.87. The Morgan fingerprint density at radius 2 is 1.77 bits per heavy atom. The van der Waals surface area contributed by atoms with Gasteiger partial charge in [-0.05, 0) is 19.4 Å². The van der Waals surface area contributed by atoms with Crippen molar-refractivity contribution in [3.05, 3.63) is 0 Å². The Hall–Kier alpha value is 0.0969. The van der Waals surface area contributed by atoms with Crippen molar-refractivity contribution in [2.24, 2.45) is 0 Å². The molecule has 0 N–H and O–H groups in total. The molecule has 1 rings (SSSR count). The summed E-state index contributed by atoms with van der Waals surface area (Å²) in [4.78, 5) is 0. The first-order valence-corrected chi connectivity index (χ1v) is 7.00. The maximum atomic E-state index is 5.64. The van der Waals surface area contributed by atoms with E-state index in [1.807, 2.05) is 0 Å². The first-order chi connectivity index (χ1) is 6.16. The maximum Gasteiger partial charge on any atom is 0.427 e. The highest BCUT2D eigenvalue weighted by molar-refractivity contribution is 6.64. The average Bonchev–Trinajstić information content (AvgIpc) is 2.17. The molecule has 0 saturated carbocycles. The van der Waals surface area contributed by atoms with Gasteiger partial charge < -0.3 is 8.85 Å². The summed E-state index contributed by atoms with van der Waals surface area (Å²) in [6, 6.07) is 1.64. The molecule has 0 aliphatic carbocycles. The van der Waals surface area contributed by atoms with Crippen LogP contribution in [0.2, 0.25) is 6.04 Å². The van der Waals surface area contributed by atoms with E-state index in [-0.39, 0.29) is 0 Å². The molecule has 1 saturated heterocycles. The highest BCUT2D eigenvalue weighted by atomic mass is 28.4. The monoisotopic (exact) mass is 203 g/mol. The lowest BCUT2D eigenvalue weighted by molar-refractivity contribution is 0.130. The van der Waals surface area contributed by atoms with Crippen LogP contribution in [-0.4, -0.2) is 40.1 Å². The SMILES string of the molecule is CO[Si]1(OC)CCCCN1C(C)C. The molecule has 1 fully saturated rings. The molecule has 0 atom stereocenters. The largest absolute Gasteiger partial charge is 0.427 e. The maximum absolute atomic E-state index is 5.64. The fourth-order valence-corrected chi connectivity index (χ4v) is 5.43. The molecule has 0 spiro atoms. The van der Waals surface area contributed by atoms with Crippen LogP contribution in [0, 0.1) is 0 Å². The molecule has 78 valence electrons. The van der Waals surface area contributed by atoms with Crippen LogP contribution in [0.25, 0.3) is 0 Å². The normalized spacial score (nSPS) is 23.8. The van der Waals surface area contributed by atoms with Gasteiger partial charge in [-0.3, -0.25) is 4.57 Å². The third-order valence-corrected chi connectivity index (χ3v) is 6.72. The van der Waals surface area contributed by atoms with Gasteiger partial charge >= 0.3 is 8.72 Å². The van der Waals surface area contributed by atoms with E-state index in [1.54, 1.807) is 14.2 Å². The van der Waals surface area contributed by atoms with Crippen molar-refractivity contribution in [1.82, 2.24) is 4.57 Å². The van der Waals surface area contributed by atoms with Gasteiger partial charge in [0.15, 0.2) is 0 Å². The van der Waals surface area contributed by atoms with E-state index >= 15 is 0 Å². The van der Waals surface area contributed by atoms with Gasteiger partial charge in [-0.25, -0.2) is 0 Å². The van der Waals surface area contributed by atoms with Crippen molar-refractivity contribution in [3.8, 4) is 0 Å². The van der Waals surface area contributed by atoms with E-state index in [0.29, 0.717) is 6.04 Å². The second-order valence-corrected chi connectivity index (χ2v) is 7.18. The zero-order valence-electron chi connectivity index (χ0n) is 9.17. The van der Waals surface area contributed by atoms with Gasteiger partial charge in [0, 0.05) is 26.3 Å². The highest BCUT2D eigenvalue weighted by Gasteiger charge is 2.46. The van der Waals surface area contributed by atoms with E-state index < -0.39 is 8.72 Å². The van der Waals surface area contributed by atoms with Gasteiger partial charge in [-0.1, -0.05) is 13.8 Å². The summed E-state index contributed by atoms with van der Waals surface area (Å²) in [6.07, 6.45) is 2.52. The summed E-state index contributed by atoms with van der Waals surface area (Å²) in [5.41, 5.74) is 0. The topological polar surface area (TPSA) is 21.7 Å². The third-order valence-electron chi connectivity index (χ3n) is 2.84. The predicted molar refractivity (Wildman–Crippen MR) is 55.7 cm³/mol. The van der Waals surface area contributed by atoms with Crippen molar-refractivity contribution < 1.29 is 8.85 Å². The van der Waals surface area contributed by atoms with Crippen LogP contribution in [0.5, 0.6) is 0 Å². The minimum absolute atomic E-state index is 0.534. The standard InChI is InChI=1S/C9H21NO2Si/c1-9(2)10-7-5-6-8-13(10,11-3)12-4/h9H,5-8H2,1-4H3. The van der Waals surface area contributed by atoms with Crippen molar-refractivity contribution >= 4 is 8.72 Å². The van der Waals surface area contributed by atoms with Gasteiger partial charge in [-0.15, -0.1) is 0 Å². The molecule has 0 aromatic rings. The highest BCUT2D eigenvalue weighted by Crippen LogP contribution is 2.27. The molecule has 0 unspecified atom stereocenters. The molecule has 1 aliphatic heterocycles. The van der Waals surface area contributed by atoms with Gasteiger partial charge in [0.1, 0.15) is 0 Å². The molecule has 4 heteroatoms. The molecular weight excluding hydrogens is 182 g/mol.